The third-order valence-corrected chi connectivity index (χ3v) is 14.7. The van der Waals surface area contributed by atoms with E-state index in [1.807, 2.05) is 0 Å². The molecule has 0 N–H and O–H groups in total. The lowest BCUT2D eigenvalue weighted by Gasteiger charge is -2.18. The van der Waals surface area contributed by atoms with Crippen LogP contribution in [-0.2, 0) is 28.6 Å². The smallest absolute Gasteiger partial charge is 0.306 e. The van der Waals surface area contributed by atoms with Gasteiger partial charge in [0, 0.05) is 19.3 Å². The van der Waals surface area contributed by atoms with E-state index in [9.17, 15) is 14.4 Å². The van der Waals surface area contributed by atoms with Gasteiger partial charge in [0.15, 0.2) is 6.10 Å². The number of rotatable bonds is 62. The Morgan fingerprint density at radius 2 is 0.470 bits per heavy atom. The summed E-state index contributed by atoms with van der Waals surface area (Å²) in [5.41, 5.74) is 0. The van der Waals surface area contributed by atoms with Gasteiger partial charge < -0.3 is 14.2 Å². The Labute approximate surface area is 513 Å². The number of ether oxygens (including phenoxy) is 3. The zero-order valence-corrected chi connectivity index (χ0v) is 54.2. The molecule has 472 valence electrons. The molecule has 0 saturated carbocycles. The molecule has 0 aromatic carbocycles. The van der Waals surface area contributed by atoms with Crippen LogP contribution in [0, 0.1) is 0 Å². The zero-order chi connectivity index (χ0) is 59.9. The fourth-order valence-corrected chi connectivity index (χ4v) is 9.53. The molecule has 0 rings (SSSR count). The van der Waals surface area contributed by atoms with Crippen LogP contribution < -0.4 is 0 Å². The molecule has 0 saturated heterocycles. The molecule has 83 heavy (non-hydrogen) atoms. The first-order valence-corrected chi connectivity index (χ1v) is 34.7. The first-order valence-electron chi connectivity index (χ1n) is 34.7. The summed E-state index contributed by atoms with van der Waals surface area (Å²) in [7, 11) is 0. The van der Waals surface area contributed by atoms with Gasteiger partial charge in [-0.3, -0.25) is 14.4 Å². The van der Waals surface area contributed by atoms with Crippen molar-refractivity contribution in [2.45, 2.75) is 322 Å². The van der Waals surface area contributed by atoms with Gasteiger partial charge in [-0.25, -0.2) is 0 Å². The second kappa shape index (κ2) is 70.0. The van der Waals surface area contributed by atoms with Crippen molar-refractivity contribution in [3.05, 3.63) is 134 Å². The minimum Gasteiger partial charge on any atom is -0.462 e. The third-order valence-electron chi connectivity index (χ3n) is 14.7. The van der Waals surface area contributed by atoms with Crippen LogP contribution >= 0.6 is 0 Å². The molecular weight excluding hydrogens is 1020 g/mol. The van der Waals surface area contributed by atoms with Crippen molar-refractivity contribution in [3.63, 3.8) is 0 Å². The van der Waals surface area contributed by atoms with Crippen molar-refractivity contribution in [2.75, 3.05) is 13.2 Å². The van der Waals surface area contributed by atoms with Crippen LogP contribution in [-0.4, -0.2) is 37.2 Å². The molecule has 0 spiro atoms. The quantitative estimate of drug-likeness (QED) is 0.0261. The van der Waals surface area contributed by atoms with Gasteiger partial charge in [0.2, 0.25) is 0 Å². The average molecular weight is 1150 g/mol. The minimum absolute atomic E-state index is 0.0852. The molecule has 0 aliphatic rings. The van der Waals surface area contributed by atoms with Gasteiger partial charge in [-0.05, 0) is 116 Å². The Morgan fingerprint density at radius 1 is 0.253 bits per heavy atom. The summed E-state index contributed by atoms with van der Waals surface area (Å²) in [6.45, 7) is 6.42. The van der Waals surface area contributed by atoms with Crippen LogP contribution in [0.25, 0.3) is 0 Å². The number of carbonyl (C=O) groups excluding carboxylic acids is 3. The van der Waals surface area contributed by atoms with E-state index in [1.54, 1.807) is 0 Å². The molecule has 0 aliphatic heterocycles. The number of allylic oxidation sites excluding steroid dienone is 22. The largest absolute Gasteiger partial charge is 0.462 e. The Hall–Kier alpha value is -4.45. The van der Waals surface area contributed by atoms with Crippen molar-refractivity contribution < 1.29 is 28.6 Å². The molecule has 1 unspecified atom stereocenters. The monoisotopic (exact) mass is 1150 g/mol. The van der Waals surface area contributed by atoms with Crippen LogP contribution in [0.4, 0.5) is 0 Å². The number of hydrogen-bond acceptors (Lipinski definition) is 6. The molecule has 0 heterocycles. The summed E-state index contributed by atoms with van der Waals surface area (Å²) in [5, 5.41) is 0. The standard InChI is InChI=1S/C77H128O6/c1-4-7-10-13-16-19-22-25-27-29-31-33-35-37-38-40-41-43-45-47-49-52-55-58-61-64-67-70-76(79)82-73-74(72-81-75(78)69-66-63-60-57-54-51-24-21-18-15-12-9-6-3)83-77(80)71-68-65-62-59-56-53-50-48-46-44-42-39-36-34-32-30-28-26-23-20-17-14-11-8-5-2/h7-8,10-11,16-17,19-20,25-28,31-34,37-39,42,46,48,74H,4-6,9,12-15,18,21-24,29-30,35-36,40-41,43-45,47,49-73H2,1-3H3/b10-7-,11-8-,19-16-,20-17-,27-25-,28-26-,33-31-,34-32-,38-37-,42-39-,48-46-. The lowest BCUT2D eigenvalue weighted by atomic mass is 10.0. The van der Waals surface area contributed by atoms with Crippen molar-refractivity contribution in [3.8, 4) is 0 Å². The van der Waals surface area contributed by atoms with Crippen molar-refractivity contribution in [1.82, 2.24) is 0 Å². The van der Waals surface area contributed by atoms with E-state index < -0.39 is 6.10 Å². The summed E-state index contributed by atoms with van der Waals surface area (Å²) >= 11 is 0. The highest BCUT2D eigenvalue weighted by Gasteiger charge is 2.19. The van der Waals surface area contributed by atoms with Crippen molar-refractivity contribution in [1.29, 1.82) is 0 Å². The maximum atomic E-state index is 13.0. The molecule has 0 bridgehead atoms. The van der Waals surface area contributed by atoms with E-state index in [4.69, 9.17) is 14.2 Å². The van der Waals surface area contributed by atoms with Gasteiger partial charge in [-0.15, -0.1) is 0 Å². The van der Waals surface area contributed by atoms with E-state index >= 15 is 0 Å². The summed E-state index contributed by atoms with van der Waals surface area (Å²) in [6, 6.07) is 0. The molecule has 1 atom stereocenters. The molecule has 0 aromatic heterocycles. The minimum atomic E-state index is -0.792. The van der Waals surface area contributed by atoms with Gasteiger partial charge in [-0.1, -0.05) is 315 Å². The molecule has 6 heteroatoms. The maximum Gasteiger partial charge on any atom is 0.306 e. The molecule has 0 amide bonds. The van der Waals surface area contributed by atoms with Gasteiger partial charge in [0.05, 0.1) is 0 Å². The van der Waals surface area contributed by atoms with Gasteiger partial charge in [-0.2, -0.15) is 0 Å². The first kappa shape index (κ1) is 78.5. The molecule has 0 aliphatic carbocycles. The topological polar surface area (TPSA) is 78.9 Å². The Bertz CT molecular complexity index is 1750. The summed E-state index contributed by atoms with van der Waals surface area (Å²) < 4.78 is 17.0. The maximum absolute atomic E-state index is 13.0. The van der Waals surface area contributed by atoms with E-state index in [-0.39, 0.29) is 31.1 Å². The van der Waals surface area contributed by atoms with Crippen LogP contribution in [0.3, 0.4) is 0 Å². The van der Waals surface area contributed by atoms with E-state index in [0.717, 1.165) is 141 Å². The zero-order valence-electron chi connectivity index (χ0n) is 54.2. The second-order valence-electron chi connectivity index (χ2n) is 22.7. The van der Waals surface area contributed by atoms with E-state index in [0.29, 0.717) is 19.3 Å². The second-order valence-corrected chi connectivity index (χ2v) is 22.7. The summed E-state index contributed by atoms with van der Waals surface area (Å²) in [4.78, 5) is 38.4. The highest BCUT2D eigenvalue weighted by atomic mass is 16.6. The fourth-order valence-electron chi connectivity index (χ4n) is 9.53. The molecular formula is C77H128O6. The average Bonchev–Trinajstić information content (AvgIpc) is 3.48. The van der Waals surface area contributed by atoms with Gasteiger partial charge >= 0.3 is 17.9 Å². The normalized spacial score (nSPS) is 13.0. The highest BCUT2D eigenvalue weighted by molar-refractivity contribution is 5.71. The SMILES string of the molecule is CC/C=C\C/C=C\C/C=C\C/C=C\C/C=C\C/C=C\CCCCCCCCC(=O)OC(COC(=O)CCCCCCCCCCCCC/C=C\C/C=C\C/C=C\C/C=C\C/C=C\CC)COC(=O)CCCCCCCCCCCCCCC. The third kappa shape index (κ3) is 68.2. The highest BCUT2D eigenvalue weighted by Crippen LogP contribution is 2.16. The Morgan fingerprint density at radius 3 is 0.735 bits per heavy atom. The summed E-state index contributed by atoms with van der Waals surface area (Å²) in [6.07, 6.45) is 98.9. The molecule has 0 fully saturated rings. The van der Waals surface area contributed by atoms with E-state index in [1.165, 1.54) is 135 Å². The molecule has 0 radical (unpaired) electrons. The predicted octanol–water partition coefficient (Wildman–Crippen LogP) is 24.1. The lowest BCUT2D eigenvalue weighted by molar-refractivity contribution is -0.167. The van der Waals surface area contributed by atoms with Gasteiger partial charge in [0.25, 0.3) is 0 Å². The van der Waals surface area contributed by atoms with Crippen LogP contribution in [0.1, 0.15) is 316 Å². The number of esters is 3. The van der Waals surface area contributed by atoms with Crippen molar-refractivity contribution in [2.24, 2.45) is 0 Å². The Kier molecular flexibility index (Phi) is 66.3. The van der Waals surface area contributed by atoms with E-state index in [2.05, 4.69) is 154 Å². The number of hydrogen-bond donors (Lipinski definition) is 0. The number of unbranched alkanes of at least 4 members (excludes halogenated alkanes) is 29. The molecule has 0 aromatic rings. The molecule has 6 nitrogen and oxygen atoms in total. The first-order chi connectivity index (χ1) is 41.0. The predicted molar refractivity (Wildman–Crippen MR) is 362 cm³/mol. The fraction of sp³-hybridized carbons (Fsp3) is 0.675. The van der Waals surface area contributed by atoms with Crippen LogP contribution in [0.15, 0.2) is 134 Å². The Balaban J connectivity index is 4.35. The van der Waals surface area contributed by atoms with Crippen LogP contribution in [0.2, 0.25) is 0 Å². The van der Waals surface area contributed by atoms with Crippen molar-refractivity contribution >= 4 is 17.9 Å². The number of carbonyl (C=O) groups is 3. The van der Waals surface area contributed by atoms with Crippen LogP contribution in [0.5, 0.6) is 0 Å². The van der Waals surface area contributed by atoms with Gasteiger partial charge in [0.1, 0.15) is 13.2 Å². The summed E-state index contributed by atoms with van der Waals surface area (Å²) in [5.74, 6) is -0.894. The lowest BCUT2D eigenvalue weighted by Crippen LogP contribution is -2.30.